The third-order valence-corrected chi connectivity index (χ3v) is 4.40. The van der Waals surface area contributed by atoms with Crippen molar-refractivity contribution in [3.05, 3.63) is 21.9 Å². The molecule has 8 heteroatoms. The van der Waals surface area contributed by atoms with Crippen LogP contribution in [0.25, 0.3) is 0 Å². The molecule has 1 saturated carbocycles. The summed E-state index contributed by atoms with van der Waals surface area (Å²) in [5.41, 5.74) is 0. The quantitative estimate of drug-likeness (QED) is 0.374. The Morgan fingerprint density at radius 1 is 1.00 bits per heavy atom. The number of amides is 1. The zero-order valence-corrected chi connectivity index (χ0v) is 11.5. The van der Waals surface area contributed by atoms with E-state index in [1.165, 1.54) is 11.3 Å². The lowest BCUT2D eigenvalue weighted by Crippen LogP contribution is -2.68. The molecule has 2 rings (SSSR count). The summed E-state index contributed by atoms with van der Waals surface area (Å²) in [4.78, 5) is 13.3. The van der Waals surface area contributed by atoms with E-state index >= 15 is 0 Å². The highest BCUT2D eigenvalue weighted by Gasteiger charge is 2.48. The molecule has 1 aliphatic rings. The van der Waals surface area contributed by atoms with Gasteiger partial charge in [-0.15, -0.1) is 11.3 Å². The number of hydrogen-bond acceptors (Lipinski definition) is 7. The van der Waals surface area contributed by atoms with Crippen LogP contribution in [0.2, 0.25) is 0 Å². The predicted molar refractivity (Wildman–Crippen MR) is 70.3 cm³/mol. The van der Waals surface area contributed by atoms with Gasteiger partial charge in [0, 0.05) is 4.88 Å². The monoisotopic (exact) mass is 303 g/mol. The van der Waals surface area contributed by atoms with Gasteiger partial charge in [-0.05, 0) is 19.1 Å². The van der Waals surface area contributed by atoms with Crippen LogP contribution in [-0.4, -0.2) is 68.0 Å². The number of thiophene rings is 1. The summed E-state index contributed by atoms with van der Waals surface area (Å²) in [6.45, 7) is 1.83. The van der Waals surface area contributed by atoms with Gasteiger partial charge < -0.3 is 30.8 Å². The number of aryl methyl sites for hydroxylation is 1. The lowest BCUT2D eigenvalue weighted by Gasteiger charge is -2.41. The van der Waals surface area contributed by atoms with Crippen molar-refractivity contribution in [1.82, 2.24) is 5.32 Å². The smallest absolute Gasteiger partial charge is 0.261 e. The Kier molecular flexibility index (Phi) is 4.43. The van der Waals surface area contributed by atoms with E-state index < -0.39 is 42.5 Å². The topological polar surface area (TPSA) is 130 Å². The Morgan fingerprint density at radius 2 is 1.50 bits per heavy atom. The van der Waals surface area contributed by atoms with Gasteiger partial charge in [-0.2, -0.15) is 0 Å². The molecule has 112 valence electrons. The standard InChI is InChI=1S/C12H17NO6S/c1-4-2-3-5(20-4)12(19)13-6-7(14)9(16)11(18)10(17)8(6)15/h2-3,6-11,14-18H,1H3,(H,13,19)/t6?,7-,8-,9-,10+,11?/m0/s1. The Balaban J connectivity index is 2.13. The highest BCUT2D eigenvalue weighted by Crippen LogP contribution is 2.22. The van der Waals surface area contributed by atoms with E-state index in [1.807, 2.05) is 6.92 Å². The highest BCUT2D eigenvalue weighted by atomic mass is 32.1. The Bertz CT molecular complexity index is 476. The molecular formula is C12H17NO6S. The number of carbonyl (C=O) groups is 1. The molecule has 0 spiro atoms. The lowest BCUT2D eigenvalue weighted by molar-refractivity contribution is -0.188. The first-order valence-electron chi connectivity index (χ1n) is 6.10. The first kappa shape index (κ1) is 15.4. The average molecular weight is 303 g/mol. The second-order valence-electron chi connectivity index (χ2n) is 4.86. The van der Waals surface area contributed by atoms with Gasteiger partial charge in [0.2, 0.25) is 0 Å². The highest BCUT2D eigenvalue weighted by molar-refractivity contribution is 7.13. The normalized spacial score (nSPS) is 37.7. The third-order valence-electron chi connectivity index (χ3n) is 3.40. The number of aliphatic hydroxyl groups is 5. The van der Waals surface area contributed by atoms with Crippen molar-refractivity contribution in [3.8, 4) is 0 Å². The van der Waals surface area contributed by atoms with E-state index in [0.29, 0.717) is 4.88 Å². The van der Waals surface area contributed by atoms with Gasteiger partial charge in [0.05, 0.1) is 10.9 Å². The summed E-state index contributed by atoms with van der Waals surface area (Å²) >= 11 is 1.24. The first-order valence-corrected chi connectivity index (χ1v) is 6.92. The predicted octanol–water partition coefficient (Wildman–Crippen LogP) is -2.03. The van der Waals surface area contributed by atoms with Crippen LogP contribution >= 0.6 is 11.3 Å². The Hall–Kier alpha value is -1.03. The van der Waals surface area contributed by atoms with Gasteiger partial charge in [-0.3, -0.25) is 4.79 Å². The maximum Gasteiger partial charge on any atom is 0.261 e. The molecule has 1 heterocycles. The van der Waals surface area contributed by atoms with Crippen molar-refractivity contribution in [2.24, 2.45) is 0 Å². The van der Waals surface area contributed by atoms with Gasteiger partial charge >= 0.3 is 0 Å². The van der Waals surface area contributed by atoms with Crippen molar-refractivity contribution >= 4 is 17.2 Å². The van der Waals surface area contributed by atoms with Crippen LogP contribution in [0.3, 0.4) is 0 Å². The summed E-state index contributed by atoms with van der Waals surface area (Å²) < 4.78 is 0. The number of rotatable bonds is 2. The van der Waals surface area contributed by atoms with Crippen molar-refractivity contribution in [1.29, 1.82) is 0 Å². The van der Waals surface area contributed by atoms with Crippen LogP contribution in [0.1, 0.15) is 14.5 Å². The molecule has 1 aliphatic carbocycles. The fourth-order valence-corrected chi connectivity index (χ4v) is 2.95. The summed E-state index contributed by atoms with van der Waals surface area (Å²) in [5.74, 6) is -0.526. The molecule has 6 atom stereocenters. The van der Waals surface area contributed by atoms with Crippen molar-refractivity contribution < 1.29 is 30.3 Å². The molecule has 0 aliphatic heterocycles. The van der Waals surface area contributed by atoms with Crippen molar-refractivity contribution in [3.63, 3.8) is 0 Å². The minimum Gasteiger partial charge on any atom is -0.388 e. The molecule has 0 radical (unpaired) electrons. The second kappa shape index (κ2) is 5.76. The van der Waals surface area contributed by atoms with Crippen LogP contribution in [0.15, 0.2) is 12.1 Å². The van der Waals surface area contributed by atoms with E-state index in [-0.39, 0.29) is 0 Å². The van der Waals surface area contributed by atoms with Gasteiger partial charge in [0.15, 0.2) is 0 Å². The maximum absolute atomic E-state index is 12.0. The largest absolute Gasteiger partial charge is 0.388 e. The summed E-state index contributed by atoms with van der Waals surface area (Å²) in [7, 11) is 0. The zero-order chi connectivity index (χ0) is 15.0. The first-order chi connectivity index (χ1) is 9.32. The van der Waals surface area contributed by atoms with Gasteiger partial charge in [0.1, 0.15) is 30.5 Å². The fourth-order valence-electron chi connectivity index (χ4n) is 2.18. The second-order valence-corrected chi connectivity index (χ2v) is 6.15. The maximum atomic E-state index is 12.0. The minimum atomic E-state index is -1.67. The molecule has 1 fully saturated rings. The number of carbonyl (C=O) groups excluding carboxylic acids is 1. The fraction of sp³-hybridized carbons (Fsp3) is 0.583. The number of nitrogens with one attached hydrogen (secondary N) is 1. The Labute approximate surface area is 119 Å². The molecule has 7 nitrogen and oxygen atoms in total. The molecule has 1 amide bonds. The van der Waals surface area contributed by atoms with E-state index in [1.54, 1.807) is 12.1 Å². The van der Waals surface area contributed by atoms with Gasteiger partial charge in [0.25, 0.3) is 5.91 Å². The van der Waals surface area contributed by atoms with E-state index in [0.717, 1.165) is 4.88 Å². The minimum absolute atomic E-state index is 0.386. The molecule has 0 saturated heterocycles. The molecule has 1 aromatic rings. The van der Waals surface area contributed by atoms with Crippen LogP contribution in [0, 0.1) is 6.92 Å². The van der Waals surface area contributed by atoms with Crippen LogP contribution in [0.4, 0.5) is 0 Å². The summed E-state index contributed by atoms with van der Waals surface area (Å²) in [6, 6.07) is 2.08. The SMILES string of the molecule is Cc1ccc(C(=O)NC2[C@H](O)[C@H](O)C(O)[C@H](O)[C@H]2O)s1. The van der Waals surface area contributed by atoms with Crippen molar-refractivity contribution in [2.45, 2.75) is 43.5 Å². The van der Waals surface area contributed by atoms with E-state index in [4.69, 9.17) is 0 Å². The molecule has 1 aromatic heterocycles. The van der Waals surface area contributed by atoms with Gasteiger partial charge in [-0.1, -0.05) is 0 Å². The lowest BCUT2D eigenvalue weighted by atomic mass is 9.83. The average Bonchev–Trinajstić information content (AvgIpc) is 2.85. The van der Waals surface area contributed by atoms with Crippen LogP contribution < -0.4 is 5.32 Å². The summed E-state index contributed by atoms with van der Waals surface area (Å²) in [5, 5.41) is 50.6. The molecule has 6 N–H and O–H groups in total. The number of aliphatic hydroxyl groups excluding tert-OH is 5. The number of hydrogen-bond donors (Lipinski definition) is 6. The zero-order valence-electron chi connectivity index (χ0n) is 10.7. The summed E-state index contributed by atoms with van der Waals surface area (Å²) in [6.07, 6.45) is -8.12. The molecule has 0 aromatic carbocycles. The van der Waals surface area contributed by atoms with Gasteiger partial charge in [-0.25, -0.2) is 0 Å². The van der Waals surface area contributed by atoms with E-state index in [9.17, 15) is 30.3 Å². The molecule has 2 unspecified atom stereocenters. The third kappa shape index (κ3) is 2.71. The van der Waals surface area contributed by atoms with Crippen LogP contribution in [-0.2, 0) is 0 Å². The molecule has 0 bridgehead atoms. The Morgan fingerprint density at radius 3 is 1.95 bits per heavy atom. The van der Waals surface area contributed by atoms with Crippen molar-refractivity contribution in [2.75, 3.05) is 0 Å². The molecule has 20 heavy (non-hydrogen) atoms. The van der Waals surface area contributed by atoms with E-state index in [2.05, 4.69) is 5.32 Å². The molecular weight excluding hydrogens is 286 g/mol. The van der Waals surface area contributed by atoms with Crippen LogP contribution in [0.5, 0.6) is 0 Å².